The molecule has 0 spiro atoms. The van der Waals surface area contributed by atoms with Gasteiger partial charge in [0, 0.05) is 18.0 Å². The third kappa shape index (κ3) is 4.44. The zero-order chi connectivity index (χ0) is 17.5. The summed E-state index contributed by atoms with van der Waals surface area (Å²) in [6.45, 7) is 0. The standard InChI is InChI=1S/C21H19NO3/c1-24-19-9-7-16(8-10-19)15-20(23)25-21(17-5-3-2-4-6-17)18-11-13-22-14-12-18/h2-14,21H,15H2,1H3. The van der Waals surface area contributed by atoms with Crippen LogP contribution in [0.4, 0.5) is 0 Å². The van der Waals surface area contributed by atoms with E-state index in [9.17, 15) is 4.79 Å². The van der Waals surface area contributed by atoms with Crippen LogP contribution in [-0.2, 0) is 16.0 Å². The van der Waals surface area contributed by atoms with Crippen LogP contribution in [0.5, 0.6) is 5.75 Å². The molecule has 0 saturated heterocycles. The fourth-order valence-electron chi connectivity index (χ4n) is 2.58. The molecule has 1 atom stereocenters. The summed E-state index contributed by atoms with van der Waals surface area (Å²) < 4.78 is 10.9. The van der Waals surface area contributed by atoms with Gasteiger partial charge in [0.2, 0.25) is 0 Å². The molecule has 0 aliphatic heterocycles. The van der Waals surface area contributed by atoms with Crippen molar-refractivity contribution in [2.24, 2.45) is 0 Å². The van der Waals surface area contributed by atoms with E-state index in [0.717, 1.165) is 22.4 Å². The second-order valence-electron chi connectivity index (χ2n) is 5.59. The SMILES string of the molecule is COc1ccc(CC(=O)OC(c2ccccc2)c2ccncc2)cc1. The van der Waals surface area contributed by atoms with Gasteiger partial charge in [-0.1, -0.05) is 42.5 Å². The summed E-state index contributed by atoms with van der Waals surface area (Å²) in [6, 6.07) is 20.8. The van der Waals surface area contributed by atoms with E-state index in [4.69, 9.17) is 9.47 Å². The van der Waals surface area contributed by atoms with Gasteiger partial charge in [0.15, 0.2) is 6.10 Å². The Balaban J connectivity index is 1.76. The Bertz CT molecular complexity index is 762. The minimum Gasteiger partial charge on any atom is -0.497 e. The van der Waals surface area contributed by atoms with E-state index in [-0.39, 0.29) is 12.4 Å². The number of carbonyl (C=O) groups excluding carboxylic acids is 1. The van der Waals surface area contributed by atoms with E-state index in [1.54, 1.807) is 19.5 Å². The first-order valence-electron chi connectivity index (χ1n) is 8.03. The van der Waals surface area contributed by atoms with Crippen molar-refractivity contribution in [2.75, 3.05) is 7.11 Å². The number of ether oxygens (including phenoxy) is 2. The highest BCUT2D eigenvalue weighted by Crippen LogP contribution is 2.26. The van der Waals surface area contributed by atoms with Crippen LogP contribution in [0, 0.1) is 0 Å². The molecule has 0 radical (unpaired) electrons. The summed E-state index contributed by atoms with van der Waals surface area (Å²) in [4.78, 5) is 16.5. The zero-order valence-corrected chi connectivity index (χ0v) is 14.0. The van der Waals surface area contributed by atoms with E-state index in [0.29, 0.717) is 0 Å². The summed E-state index contributed by atoms with van der Waals surface area (Å²) in [7, 11) is 1.61. The maximum Gasteiger partial charge on any atom is 0.311 e. The summed E-state index contributed by atoms with van der Waals surface area (Å²) >= 11 is 0. The molecular formula is C21H19NO3. The molecule has 1 unspecified atom stereocenters. The van der Waals surface area contributed by atoms with Crippen LogP contribution in [0.15, 0.2) is 79.1 Å². The van der Waals surface area contributed by atoms with Crippen LogP contribution in [0.2, 0.25) is 0 Å². The van der Waals surface area contributed by atoms with Crippen molar-refractivity contribution in [1.82, 2.24) is 4.98 Å². The topological polar surface area (TPSA) is 48.4 Å². The van der Waals surface area contributed by atoms with E-state index in [2.05, 4.69) is 4.98 Å². The predicted molar refractivity (Wildman–Crippen MR) is 95.3 cm³/mol. The third-order valence-electron chi connectivity index (χ3n) is 3.87. The summed E-state index contributed by atoms with van der Waals surface area (Å²) in [5.74, 6) is 0.479. The van der Waals surface area contributed by atoms with Crippen molar-refractivity contribution in [3.05, 3.63) is 95.8 Å². The normalized spacial score (nSPS) is 11.6. The van der Waals surface area contributed by atoms with Gasteiger partial charge in [-0.05, 0) is 35.4 Å². The smallest absolute Gasteiger partial charge is 0.311 e. The first kappa shape index (κ1) is 16.7. The summed E-state index contributed by atoms with van der Waals surface area (Å²) in [6.07, 6.45) is 3.15. The number of nitrogens with zero attached hydrogens (tertiary/aromatic N) is 1. The second kappa shape index (κ2) is 8.11. The van der Waals surface area contributed by atoms with Gasteiger partial charge in [0.1, 0.15) is 5.75 Å². The van der Waals surface area contributed by atoms with Crippen molar-refractivity contribution < 1.29 is 14.3 Å². The maximum atomic E-state index is 12.5. The number of carbonyl (C=O) groups is 1. The molecule has 1 aromatic heterocycles. The molecule has 126 valence electrons. The molecule has 0 saturated carbocycles. The highest BCUT2D eigenvalue weighted by atomic mass is 16.5. The van der Waals surface area contributed by atoms with Gasteiger partial charge in [-0.15, -0.1) is 0 Å². The molecule has 3 rings (SSSR count). The molecule has 2 aromatic carbocycles. The lowest BCUT2D eigenvalue weighted by atomic mass is 10.0. The van der Waals surface area contributed by atoms with Crippen molar-refractivity contribution >= 4 is 5.97 Å². The van der Waals surface area contributed by atoms with Gasteiger partial charge < -0.3 is 9.47 Å². The molecule has 0 fully saturated rings. The third-order valence-corrected chi connectivity index (χ3v) is 3.87. The van der Waals surface area contributed by atoms with Crippen LogP contribution in [0.3, 0.4) is 0 Å². The first-order valence-corrected chi connectivity index (χ1v) is 8.03. The molecule has 25 heavy (non-hydrogen) atoms. The molecular weight excluding hydrogens is 314 g/mol. The number of methoxy groups -OCH3 is 1. The fraction of sp³-hybridized carbons (Fsp3) is 0.143. The number of hydrogen-bond donors (Lipinski definition) is 0. The van der Waals surface area contributed by atoms with E-state index < -0.39 is 6.10 Å². The quantitative estimate of drug-likeness (QED) is 0.641. The van der Waals surface area contributed by atoms with Gasteiger partial charge >= 0.3 is 5.97 Å². The van der Waals surface area contributed by atoms with E-state index in [1.165, 1.54) is 0 Å². The van der Waals surface area contributed by atoms with E-state index in [1.807, 2.05) is 66.7 Å². The van der Waals surface area contributed by atoms with Crippen molar-refractivity contribution in [3.63, 3.8) is 0 Å². The average molecular weight is 333 g/mol. The molecule has 0 N–H and O–H groups in total. The summed E-state index contributed by atoms with van der Waals surface area (Å²) in [5, 5.41) is 0. The minimum absolute atomic E-state index is 0.207. The van der Waals surface area contributed by atoms with Crippen LogP contribution in [0.1, 0.15) is 22.8 Å². The number of hydrogen-bond acceptors (Lipinski definition) is 4. The molecule has 0 aliphatic carbocycles. The van der Waals surface area contributed by atoms with Gasteiger partial charge in [-0.25, -0.2) is 0 Å². The predicted octanol–water partition coefficient (Wildman–Crippen LogP) is 3.97. The number of esters is 1. The minimum atomic E-state index is -0.449. The molecule has 4 heteroatoms. The van der Waals surface area contributed by atoms with Crippen molar-refractivity contribution in [2.45, 2.75) is 12.5 Å². The molecule has 3 aromatic rings. The maximum absolute atomic E-state index is 12.5. The Morgan fingerprint density at radius 2 is 1.56 bits per heavy atom. The average Bonchev–Trinajstić information content (AvgIpc) is 2.68. The van der Waals surface area contributed by atoms with E-state index >= 15 is 0 Å². The Hall–Kier alpha value is -3.14. The Labute approximate surface area is 147 Å². The monoisotopic (exact) mass is 333 g/mol. The van der Waals surface area contributed by atoms with Crippen molar-refractivity contribution in [1.29, 1.82) is 0 Å². The Morgan fingerprint density at radius 1 is 0.920 bits per heavy atom. The lowest BCUT2D eigenvalue weighted by Crippen LogP contribution is -2.14. The molecule has 1 heterocycles. The zero-order valence-electron chi connectivity index (χ0n) is 14.0. The van der Waals surface area contributed by atoms with Crippen molar-refractivity contribution in [3.8, 4) is 5.75 Å². The van der Waals surface area contributed by atoms with Gasteiger partial charge in [-0.2, -0.15) is 0 Å². The number of pyridine rings is 1. The highest BCUT2D eigenvalue weighted by Gasteiger charge is 2.19. The van der Waals surface area contributed by atoms with Gasteiger partial charge in [-0.3, -0.25) is 9.78 Å². The number of aromatic nitrogens is 1. The summed E-state index contributed by atoms with van der Waals surface area (Å²) in [5.41, 5.74) is 2.70. The van der Waals surface area contributed by atoms with Crippen LogP contribution in [0.25, 0.3) is 0 Å². The highest BCUT2D eigenvalue weighted by molar-refractivity contribution is 5.73. The Morgan fingerprint density at radius 3 is 2.20 bits per heavy atom. The lowest BCUT2D eigenvalue weighted by molar-refractivity contribution is -0.146. The largest absolute Gasteiger partial charge is 0.497 e. The molecule has 0 amide bonds. The molecule has 0 aliphatic rings. The lowest BCUT2D eigenvalue weighted by Gasteiger charge is -2.19. The van der Waals surface area contributed by atoms with Crippen LogP contribution >= 0.6 is 0 Å². The number of rotatable bonds is 6. The fourth-order valence-corrected chi connectivity index (χ4v) is 2.58. The Kier molecular flexibility index (Phi) is 5.42. The molecule has 0 bridgehead atoms. The van der Waals surface area contributed by atoms with Gasteiger partial charge in [0.05, 0.1) is 13.5 Å². The van der Waals surface area contributed by atoms with Crippen LogP contribution in [-0.4, -0.2) is 18.1 Å². The number of benzene rings is 2. The molecule has 4 nitrogen and oxygen atoms in total. The van der Waals surface area contributed by atoms with Gasteiger partial charge in [0.25, 0.3) is 0 Å². The second-order valence-corrected chi connectivity index (χ2v) is 5.59. The van der Waals surface area contributed by atoms with Crippen LogP contribution < -0.4 is 4.74 Å². The first-order chi connectivity index (χ1) is 12.3.